The van der Waals surface area contributed by atoms with E-state index in [1.165, 1.54) is 12.2 Å². The predicted octanol–water partition coefficient (Wildman–Crippen LogP) is 0.810. The quantitative estimate of drug-likeness (QED) is 0.150. The van der Waals surface area contributed by atoms with Crippen LogP contribution in [0.2, 0.25) is 0 Å². The molecule has 0 aromatic rings. The van der Waals surface area contributed by atoms with Crippen LogP contribution in [-0.4, -0.2) is 75.2 Å². The highest BCUT2D eigenvalue weighted by molar-refractivity contribution is 8.77. The summed E-state index contributed by atoms with van der Waals surface area (Å²) in [7, 11) is 3.82. The highest BCUT2D eigenvalue weighted by atomic mass is 33.1. The number of aliphatic carboxylic acids is 2. The molecule has 2 aliphatic rings. The minimum Gasteiger partial charge on any atom is -0.481 e. The van der Waals surface area contributed by atoms with E-state index in [0.717, 1.165) is 19.3 Å². The molecule has 0 spiro atoms. The van der Waals surface area contributed by atoms with Crippen molar-refractivity contribution in [3.8, 4) is 0 Å². The van der Waals surface area contributed by atoms with E-state index >= 15 is 0 Å². The van der Waals surface area contributed by atoms with Crippen LogP contribution in [0.5, 0.6) is 0 Å². The van der Waals surface area contributed by atoms with Gasteiger partial charge in [0.25, 0.3) is 0 Å². The number of ether oxygens (including phenoxy) is 1. The predicted molar refractivity (Wildman–Crippen MR) is 106 cm³/mol. The first-order valence-corrected chi connectivity index (χ1v) is 11.8. The second kappa shape index (κ2) is 11.9. The number of amides is 1. The van der Waals surface area contributed by atoms with Gasteiger partial charge in [0, 0.05) is 23.8 Å². The van der Waals surface area contributed by atoms with Crippen molar-refractivity contribution >= 4 is 39.4 Å². The van der Waals surface area contributed by atoms with E-state index in [-0.39, 0.29) is 18.7 Å². The molecule has 9 nitrogen and oxygen atoms in total. The van der Waals surface area contributed by atoms with Crippen LogP contribution in [-0.2, 0) is 19.1 Å². The molecule has 0 bridgehead atoms. The number of carboxylic acid groups (broad SMARTS) is 2. The highest BCUT2D eigenvalue weighted by Crippen LogP contribution is 2.39. The van der Waals surface area contributed by atoms with Crippen molar-refractivity contribution < 1.29 is 34.4 Å². The van der Waals surface area contributed by atoms with Gasteiger partial charge < -0.3 is 25.4 Å². The van der Waals surface area contributed by atoms with Gasteiger partial charge in [-0.05, 0) is 25.7 Å². The second-order valence-electron chi connectivity index (χ2n) is 6.94. The Hall–Kier alpha value is -1.01. The Labute approximate surface area is 171 Å². The Balaban J connectivity index is 1.74. The molecule has 28 heavy (non-hydrogen) atoms. The number of hydrogen-bond donors (Lipinski definition) is 5. The number of epoxide rings is 1. The average molecular weight is 437 g/mol. The third-order valence-corrected chi connectivity index (χ3v) is 7.70. The Morgan fingerprint density at radius 2 is 1.96 bits per heavy atom. The minimum absolute atomic E-state index is 0.129. The van der Waals surface area contributed by atoms with Crippen LogP contribution in [0.1, 0.15) is 44.9 Å². The van der Waals surface area contributed by atoms with Gasteiger partial charge in [0.2, 0.25) is 5.91 Å². The molecule has 0 aliphatic carbocycles. The fraction of sp³-hybridized carbons (Fsp3) is 0.824. The molecule has 5 N–H and O–H groups in total. The maximum atomic E-state index is 12.2. The van der Waals surface area contributed by atoms with Crippen molar-refractivity contribution in [3.05, 3.63) is 0 Å². The SMILES string of the molecule is O=C(O)CCC(NC(=O)CCCCC1CCSS1)C1OC1NC(CO)C(=O)O. The first kappa shape index (κ1) is 23.3. The molecule has 5 atom stereocenters. The normalized spacial score (nSPS) is 25.8. The van der Waals surface area contributed by atoms with E-state index in [9.17, 15) is 14.4 Å². The summed E-state index contributed by atoms with van der Waals surface area (Å²) in [6.45, 7) is -0.591. The maximum absolute atomic E-state index is 12.2. The van der Waals surface area contributed by atoms with Crippen LogP contribution in [0.25, 0.3) is 0 Å². The number of rotatable bonds is 14. The lowest BCUT2D eigenvalue weighted by Gasteiger charge is -2.17. The summed E-state index contributed by atoms with van der Waals surface area (Å²) in [6.07, 6.45) is 3.36. The maximum Gasteiger partial charge on any atom is 0.323 e. The van der Waals surface area contributed by atoms with Crippen LogP contribution in [0.4, 0.5) is 0 Å². The van der Waals surface area contributed by atoms with Gasteiger partial charge in [0.05, 0.1) is 12.6 Å². The molecule has 160 valence electrons. The molecule has 5 unspecified atom stereocenters. The van der Waals surface area contributed by atoms with Crippen LogP contribution in [0, 0.1) is 0 Å². The smallest absolute Gasteiger partial charge is 0.323 e. The third kappa shape index (κ3) is 8.16. The van der Waals surface area contributed by atoms with Crippen LogP contribution in [0.3, 0.4) is 0 Å². The van der Waals surface area contributed by atoms with E-state index in [1.807, 2.05) is 21.6 Å². The lowest BCUT2D eigenvalue weighted by Crippen LogP contribution is -2.45. The Morgan fingerprint density at radius 1 is 1.18 bits per heavy atom. The van der Waals surface area contributed by atoms with Gasteiger partial charge in [-0.2, -0.15) is 0 Å². The number of aliphatic hydroxyl groups excluding tert-OH is 1. The summed E-state index contributed by atoms with van der Waals surface area (Å²) < 4.78 is 5.39. The summed E-state index contributed by atoms with van der Waals surface area (Å²) >= 11 is 0. The van der Waals surface area contributed by atoms with Gasteiger partial charge in [0.1, 0.15) is 18.4 Å². The van der Waals surface area contributed by atoms with Gasteiger partial charge >= 0.3 is 11.9 Å². The van der Waals surface area contributed by atoms with Gasteiger partial charge in [-0.15, -0.1) is 0 Å². The summed E-state index contributed by atoms with van der Waals surface area (Å²) in [5.41, 5.74) is 0. The monoisotopic (exact) mass is 436 g/mol. The van der Waals surface area contributed by atoms with Crippen molar-refractivity contribution in [2.75, 3.05) is 12.4 Å². The Bertz CT molecular complexity index is 546. The number of carboxylic acids is 2. The third-order valence-electron chi connectivity index (χ3n) is 4.69. The standard InChI is InChI=1S/C17H28N2O7S2/c20-9-12(17(24)25)19-16-15(26-16)11(5-6-14(22)23)18-13(21)4-2-1-3-10-7-8-27-28-10/h10-12,15-16,19-20H,1-9H2,(H,18,21)(H,22,23)(H,24,25). The molecule has 2 saturated heterocycles. The van der Waals surface area contributed by atoms with Crippen LogP contribution < -0.4 is 10.6 Å². The highest BCUT2D eigenvalue weighted by Gasteiger charge is 2.47. The van der Waals surface area contributed by atoms with Gasteiger partial charge in [0.15, 0.2) is 0 Å². The van der Waals surface area contributed by atoms with E-state index in [1.54, 1.807) is 0 Å². The number of nitrogens with one attached hydrogen (secondary N) is 2. The summed E-state index contributed by atoms with van der Waals surface area (Å²) in [6, 6.07) is -1.69. The molecular formula is C17H28N2O7S2. The zero-order valence-corrected chi connectivity index (χ0v) is 17.2. The zero-order valence-electron chi connectivity index (χ0n) is 15.5. The van der Waals surface area contributed by atoms with Crippen molar-refractivity contribution in [1.82, 2.24) is 10.6 Å². The lowest BCUT2D eigenvalue weighted by atomic mass is 10.1. The average Bonchev–Trinajstić information content (AvgIpc) is 3.21. The minimum atomic E-state index is -1.21. The first-order chi connectivity index (χ1) is 13.4. The van der Waals surface area contributed by atoms with Crippen LogP contribution >= 0.6 is 21.6 Å². The van der Waals surface area contributed by atoms with Gasteiger partial charge in [-0.25, -0.2) is 0 Å². The molecule has 2 aliphatic heterocycles. The van der Waals surface area contributed by atoms with E-state index in [2.05, 4.69) is 10.6 Å². The van der Waals surface area contributed by atoms with Gasteiger partial charge in [-0.3, -0.25) is 19.7 Å². The number of carbonyl (C=O) groups is 3. The van der Waals surface area contributed by atoms with Crippen molar-refractivity contribution in [2.24, 2.45) is 0 Å². The van der Waals surface area contributed by atoms with Crippen molar-refractivity contribution in [1.29, 1.82) is 0 Å². The number of unbranched alkanes of at least 4 members (excludes halogenated alkanes) is 1. The number of hydrogen-bond acceptors (Lipinski definition) is 8. The second-order valence-corrected chi connectivity index (χ2v) is 9.73. The molecule has 1 amide bonds. The lowest BCUT2D eigenvalue weighted by molar-refractivity contribution is -0.141. The Kier molecular flexibility index (Phi) is 9.86. The fourth-order valence-electron chi connectivity index (χ4n) is 3.06. The molecular weight excluding hydrogens is 408 g/mol. The molecule has 0 saturated carbocycles. The molecule has 2 fully saturated rings. The van der Waals surface area contributed by atoms with E-state index < -0.39 is 43.0 Å². The van der Waals surface area contributed by atoms with Crippen molar-refractivity contribution in [3.63, 3.8) is 0 Å². The molecule has 2 rings (SSSR count). The molecule has 0 radical (unpaired) electrons. The summed E-state index contributed by atoms with van der Waals surface area (Å²) in [5.74, 6) is -1.15. The zero-order chi connectivity index (χ0) is 20.5. The van der Waals surface area contributed by atoms with Crippen LogP contribution in [0.15, 0.2) is 0 Å². The summed E-state index contributed by atoms with van der Waals surface area (Å²) in [5, 5.41) is 33.1. The molecule has 0 aromatic heterocycles. The molecule has 0 aromatic carbocycles. The molecule has 2 heterocycles. The topological polar surface area (TPSA) is 148 Å². The van der Waals surface area contributed by atoms with Crippen molar-refractivity contribution in [2.45, 2.75) is 74.6 Å². The molecule has 11 heteroatoms. The van der Waals surface area contributed by atoms with E-state index in [4.69, 9.17) is 20.1 Å². The largest absolute Gasteiger partial charge is 0.481 e. The number of carbonyl (C=O) groups excluding carboxylic acids is 1. The van der Waals surface area contributed by atoms with Gasteiger partial charge in [-0.1, -0.05) is 28.0 Å². The first-order valence-electron chi connectivity index (χ1n) is 9.45. The fourth-order valence-corrected chi connectivity index (χ4v) is 6.09. The summed E-state index contributed by atoms with van der Waals surface area (Å²) in [4.78, 5) is 34.1. The van der Waals surface area contributed by atoms with E-state index in [0.29, 0.717) is 11.7 Å². The number of aliphatic hydroxyl groups is 1. The Morgan fingerprint density at radius 3 is 2.57 bits per heavy atom.